The largest absolute Gasteiger partial charge is 0.236 e. The van der Waals surface area contributed by atoms with E-state index in [1.807, 2.05) is 6.20 Å². The van der Waals surface area contributed by atoms with Crippen molar-refractivity contribution in [3.05, 3.63) is 83.0 Å². The van der Waals surface area contributed by atoms with Crippen molar-refractivity contribution in [2.75, 3.05) is 0 Å². The fourth-order valence-electron chi connectivity index (χ4n) is 4.59. The highest BCUT2D eigenvalue weighted by atomic mass is 14.9. The van der Waals surface area contributed by atoms with E-state index in [1.54, 1.807) is 0 Å². The number of nitrogens with zero attached hydrogens (tertiary/aromatic N) is 2. The minimum atomic E-state index is 0.447. The molecule has 30 heavy (non-hydrogen) atoms. The molecule has 0 aliphatic heterocycles. The first kappa shape index (κ1) is 19.0. The van der Waals surface area contributed by atoms with Gasteiger partial charge in [-0.25, -0.2) is 9.97 Å². The predicted molar refractivity (Wildman–Crippen MR) is 126 cm³/mol. The molecule has 1 aliphatic carbocycles. The summed E-state index contributed by atoms with van der Waals surface area (Å²) in [6.45, 7) is 9.01. The molecule has 0 atom stereocenters. The van der Waals surface area contributed by atoms with Crippen LogP contribution in [-0.4, -0.2) is 9.97 Å². The maximum Gasteiger partial charge on any atom is 0.159 e. The molecule has 0 N–H and O–H groups in total. The summed E-state index contributed by atoms with van der Waals surface area (Å²) in [6.07, 6.45) is 4.12. The first-order valence-electron chi connectivity index (χ1n) is 11.0. The van der Waals surface area contributed by atoms with Crippen LogP contribution < -0.4 is 0 Å². The third-order valence-corrected chi connectivity index (χ3v) is 6.35. The van der Waals surface area contributed by atoms with Gasteiger partial charge in [0.25, 0.3) is 0 Å². The van der Waals surface area contributed by atoms with E-state index >= 15 is 0 Å². The van der Waals surface area contributed by atoms with Crippen molar-refractivity contribution < 1.29 is 0 Å². The van der Waals surface area contributed by atoms with Crippen molar-refractivity contribution in [1.29, 1.82) is 0 Å². The van der Waals surface area contributed by atoms with Crippen LogP contribution in [0.2, 0.25) is 0 Å². The van der Waals surface area contributed by atoms with Gasteiger partial charge in [0.1, 0.15) is 0 Å². The molecule has 0 amide bonds. The Hall–Kier alpha value is -3.00. The normalized spacial score (nSPS) is 13.0. The lowest BCUT2D eigenvalue weighted by molar-refractivity contribution is 0.852. The van der Waals surface area contributed by atoms with E-state index < -0.39 is 0 Å². The molecule has 0 spiro atoms. The van der Waals surface area contributed by atoms with E-state index in [4.69, 9.17) is 9.97 Å². The number of hydrogen-bond donors (Lipinski definition) is 0. The number of hydrogen-bond acceptors (Lipinski definition) is 2. The van der Waals surface area contributed by atoms with E-state index in [1.165, 1.54) is 38.6 Å². The van der Waals surface area contributed by atoms with Gasteiger partial charge in [-0.3, -0.25) is 0 Å². The van der Waals surface area contributed by atoms with Crippen molar-refractivity contribution in [3.63, 3.8) is 0 Å². The van der Waals surface area contributed by atoms with E-state index in [0.29, 0.717) is 11.8 Å². The van der Waals surface area contributed by atoms with Gasteiger partial charge in [0.05, 0.1) is 5.69 Å². The second kappa shape index (κ2) is 7.36. The van der Waals surface area contributed by atoms with Gasteiger partial charge in [0, 0.05) is 17.3 Å². The first-order valence-corrected chi connectivity index (χ1v) is 11.0. The van der Waals surface area contributed by atoms with Crippen LogP contribution in [0.15, 0.2) is 60.8 Å². The van der Waals surface area contributed by atoms with Crippen LogP contribution in [0.5, 0.6) is 0 Å². The number of aromatic nitrogens is 2. The Kier molecular flexibility index (Phi) is 4.66. The van der Waals surface area contributed by atoms with Crippen molar-refractivity contribution in [2.45, 2.75) is 52.4 Å². The quantitative estimate of drug-likeness (QED) is 0.365. The molecule has 1 heterocycles. The highest BCUT2D eigenvalue weighted by molar-refractivity contribution is 5.90. The zero-order valence-electron chi connectivity index (χ0n) is 18.2. The predicted octanol–water partition coefficient (Wildman–Crippen LogP) is 7.31. The second-order valence-corrected chi connectivity index (χ2v) is 9.08. The summed E-state index contributed by atoms with van der Waals surface area (Å²) in [6, 6.07) is 20.0. The molecule has 1 aromatic heterocycles. The minimum Gasteiger partial charge on any atom is -0.236 e. The third kappa shape index (κ3) is 3.21. The smallest absolute Gasteiger partial charge is 0.159 e. The lowest BCUT2D eigenvalue weighted by atomic mass is 9.87. The number of aryl methyl sites for hydroxylation is 2. The van der Waals surface area contributed by atoms with Crippen LogP contribution in [-0.2, 0) is 12.8 Å². The summed E-state index contributed by atoms with van der Waals surface area (Å²) in [5.74, 6) is 1.81. The Bertz CT molecular complexity index is 1250. The Morgan fingerprint density at radius 2 is 1.60 bits per heavy atom. The molecule has 5 rings (SSSR count). The van der Waals surface area contributed by atoms with Crippen LogP contribution in [0.1, 0.15) is 61.8 Å². The number of fused-ring (bicyclic) bond motifs is 4. The molecular weight excluding hydrogens is 364 g/mol. The average Bonchev–Trinajstić information content (AvgIpc) is 2.77. The van der Waals surface area contributed by atoms with Gasteiger partial charge in [0.2, 0.25) is 0 Å². The zero-order chi connectivity index (χ0) is 20.8. The van der Waals surface area contributed by atoms with Crippen LogP contribution >= 0.6 is 0 Å². The van der Waals surface area contributed by atoms with Crippen LogP contribution in [0.25, 0.3) is 33.4 Å². The first-order chi connectivity index (χ1) is 14.5. The van der Waals surface area contributed by atoms with Crippen molar-refractivity contribution in [1.82, 2.24) is 9.97 Å². The molecule has 2 nitrogen and oxygen atoms in total. The van der Waals surface area contributed by atoms with Crippen LogP contribution in [0, 0.1) is 0 Å². The summed E-state index contributed by atoms with van der Waals surface area (Å²) in [4.78, 5) is 9.87. The number of benzene rings is 3. The summed E-state index contributed by atoms with van der Waals surface area (Å²) >= 11 is 0. The van der Waals surface area contributed by atoms with Gasteiger partial charge in [-0.1, -0.05) is 70.2 Å². The molecule has 150 valence electrons. The standard InChI is InChI=1S/C28H28N2/c1-17(2)19-11-12-25-21(13-19)9-10-22-16-29-28(30-27(22)25)23-14-20-7-5-6-8-24(20)26(15-23)18(3)4/h5-8,11-18H,9-10H2,1-4H3. The Morgan fingerprint density at radius 1 is 0.800 bits per heavy atom. The van der Waals surface area contributed by atoms with E-state index in [0.717, 1.165) is 29.9 Å². The highest BCUT2D eigenvalue weighted by Gasteiger charge is 2.20. The molecule has 1 aliphatic rings. The fourth-order valence-corrected chi connectivity index (χ4v) is 4.59. The third-order valence-electron chi connectivity index (χ3n) is 6.35. The van der Waals surface area contributed by atoms with E-state index in [-0.39, 0.29) is 0 Å². The van der Waals surface area contributed by atoms with Crippen molar-refractivity contribution in [2.24, 2.45) is 0 Å². The van der Waals surface area contributed by atoms with Crippen molar-refractivity contribution >= 4 is 10.8 Å². The van der Waals surface area contributed by atoms with Gasteiger partial charge in [-0.05, 0) is 69.8 Å². The molecule has 0 unspecified atom stereocenters. The number of rotatable bonds is 3. The molecule has 0 bridgehead atoms. The Labute approximate surface area is 179 Å². The van der Waals surface area contributed by atoms with E-state index in [2.05, 4.69) is 82.3 Å². The Morgan fingerprint density at radius 3 is 2.40 bits per heavy atom. The molecule has 0 fully saturated rings. The van der Waals surface area contributed by atoms with Gasteiger partial charge >= 0.3 is 0 Å². The average molecular weight is 393 g/mol. The highest BCUT2D eigenvalue weighted by Crippen LogP contribution is 2.36. The molecule has 4 aromatic rings. The molecule has 0 saturated carbocycles. The van der Waals surface area contributed by atoms with E-state index in [9.17, 15) is 0 Å². The molecule has 0 radical (unpaired) electrons. The summed E-state index contributed by atoms with van der Waals surface area (Å²) in [5, 5.41) is 2.57. The molecular formula is C28H28N2. The molecule has 3 aromatic carbocycles. The SMILES string of the molecule is CC(C)c1ccc2c(c1)CCc1cnc(-c3cc(C(C)C)c4ccccc4c3)nc1-2. The van der Waals surface area contributed by atoms with Crippen LogP contribution in [0.4, 0.5) is 0 Å². The minimum absolute atomic E-state index is 0.447. The lowest BCUT2D eigenvalue weighted by Crippen LogP contribution is -2.08. The summed E-state index contributed by atoms with van der Waals surface area (Å²) in [7, 11) is 0. The zero-order valence-corrected chi connectivity index (χ0v) is 18.2. The Balaban J connectivity index is 1.66. The summed E-state index contributed by atoms with van der Waals surface area (Å²) < 4.78 is 0. The van der Waals surface area contributed by atoms with Gasteiger partial charge < -0.3 is 0 Å². The van der Waals surface area contributed by atoms with Crippen molar-refractivity contribution in [3.8, 4) is 22.6 Å². The van der Waals surface area contributed by atoms with Gasteiger partial charge in [-0.15, -0.1) is 0 Å². The summed E-state index contributed by atoms with van der Waals surface area (Å²) in [5.41, 5.74) is 8.92. The van der Waals surface area contributed by atoms with Gasteiger partial charge in [-0.2, -0.15) is 0 Å². The maximum atomic E-state index is 5.10. The van der Waals surface area contributed by atoms with Gasteiger partial charge in [0.15, 0.2) is 5.82 Å². The molecule has 2 heteroatoms. The molecule has 0 saturated heterocycles. The van der Waals surface area contributed by atoms with Crippen LogP contribution in [0.3, 0.4) is 0 Å². The monoisotopic (exact) mass is 392 g/mol. The lowest BCUT2D eigenvalue weighted by Gasteiger charge is -2.21. The fraction of sp³-hybridized carbons (Fsp3) is 0.286. The topological polar surface area (TPSA) is 25.8 Å². The second-order valence-electron chi connectivity index (χ2n) is 9.08. The maximum absolute atomic E-state index is 5.10.